The largest absolute Gasteiger partial charge is 0.480 e. The molecule has 1 N–H and O–H groups in total. The molecule has 6 nitrogen and oxygen atoms in total. The van der Waals surface area contributed by atoms with E-state index in [1.807, 2.05) is 0 Å². The molecule has 1 saturated heterocycles. The number of likely N-dealkylation sites (tertiary alicyclic amines) is 1. The number of amides is 2. The second-order valence-corrected chi connectivity index (χ2v) is 4.78. The zero-order valence-corrected chi connectivity index (χ0v) is 11.4. The highest BCUT2D eigenvalue weighted by Gasteiger charge is 2.22. The number of hydrogen-bond acceptors (Lipinski definition) is 3. The fourth-order valence-electron chi connectivity index (χ4n) is 2.19. The van der Waals surface area contributed by atoms with Crippen LogP contribution in [0.25, 0.3) is 0 Å². The van der Waals surface area contributed by atoms with Crippen LogP contribution in [0.15, 0.2) is 0 Å². The molecule has 0 radical (unpaired) electrons. The van der Waals surface area contributed by atoms with Gasteiger partial charge in [0.2, 0.25) is 11.8 Å². The summed E-state index contributed by atoms with van der Waals surface area (Å²) < 4.78 is 0. The fourth-order valence-corrected chi connectivity index (χ4v) is 2.19. The molecule has 0 atom stereocenters. The second-order valence-electron chi connectivity index (χ2n) is 4.78. The Hall–Kier alpha value is -1.59. The van der Waals surface area contributed by atoms with Crippen LogP contribution in [0.5, 0.6) is 0 Å². The van der Waals surface area contributed by atoms with Gasteiger partial charge in [-0.3, -0.25) is 14.4 Å². The number of carbonyl (C=O) groups is 3. The second kappa shape index (κ2) is 7.76. The normalized spacial score (nSPS) is 16.7. The Kier molecular flexibility index (Phi) is 6.32. The van der Waals surface area contributed by atoms with Crippen molar-refractivity contribution in [2.75, 3.05) is 26.2 Å². The molecule has 0 aromatic carbocycles. The van der Waals surface area contributed by atoms with Crippen LogP contribution in [0.2, 0.25) is 0 Å². The number of nitrogens with zero attached hydrogens (tertiary/aromatic N) is 2. The molecule has 0 aromatic heterocycles. The monoisotopic (exact) mass is 270 g/mol. The van der Waals surface area contributed by atoms with E-state index in [0.717, 1.165) is 25.7 Å². The molecule has 0 bridgehead atoms. The van der Waals surface area contributed by atoms with Crippen molar-refractivity contribution < 1.29 is 19.5 Å². The van der Waals surface area contributed by atoms with E-state index in [1.165, 1.54) is 4.90 Å². The zero-order chi connectivity index (χ0) is 14.3. The first kappa shape index (κ1) is 15.5. The van der Waals surface area contributed by atoms with Crippen molar-refractivity contribution in [2.24, 2.45) is 0 Å². The zero-order valence-electron chi connectivity index (χ0n) is 11.4. The molecule has 108 valence electrons. The van der Waals surface area contributed by atoms with Crippen molar-refractivity contribution in [2.45, 2.75) is 39.0 Å². The van der Waals surface area contributed by atoms with E-state index in [9.17, 15) is 14.4 Å². The fraction of sp³-hybridized carbons (Fsp3) is 0.769. The van der Waals surface area contributed by atoms with Gasteiger partial charge in [-0.15, -0.1) is 0 Å². The Labute approximate surface area is 113 Å². The van der Waals surface area contributed by atoms with E-state index in [1.54, 1.807) is 11.8 Å². The van der Waals surface area contributed by atoms with Gasteiger partial charge in [0.1, 0.15) is 6.54 Å². The maximum atomic E-state index is 12.0. The standard InChI is InChI=1S/C13H22N2O4/c1-2-14(10-13(18)19)12(17)9-15-8-6-4-3-5-7-11(15)16/h2-10H2,1H3,(H,18,19). The first-order valence-electron chi connectivity index (χ1n) is 6.82. The lowest BCUT2D eigenvalue weighted by molar-refractivity contribution is -0.146. The van der Waals surface area contributed by atoms with Crippen LogP contribution in [-0.4, -0.2) is 58.9 Å². The lowest BCUT2D eigenvalue weighted by atomic mass is 10.1. The summed E-state index contributed by atoms with van der Waals surface area (Å²) in [6.07, 6.45) is 4.40. The van der Waals surface area contributed by atoms with Crippen LogP contribution in [-0.2, 0) is 14.4 Å². The maximum absolute atomic E-state index is 12.0. The number of carboxylic acids is 1. The number of aliphatic carboxylic acids is 1. The average Bonchev–Trinajstić information content (AvgIpc) is 2.35. The van der Waals surface area contributed by atoms with Gasteiger partial charge in [0, 0.05) is 19.5 Å². The molecule has 0 spiro atoms. The van der Waals surface area contributed by atoms with Gasteiger partial charge in [0.25, 0.3) is 0 Å². The van der Waals surface area contributed by atoms with Gasteiger partial charge < -0.3 is 14.9 Å². The summed E-state index contributed by atoms with van der Waals surface area (Å²) in [5, 5.41) is 8.73. The van der Waals surface area contributed by atoms with E-state index in [4.69, 9.17) is 5.11 Å². The molecule has 0 saturated carbocycles. The topological polar surface area (TPSA) is 77.9 Å². The van der Waals surface area contributed by atoms with Crippen LogP contribution >= 0.6 is 0 Å². The molecule has 1 aliphatic rings. The van der Waals surface area contributed by atoms with Crippen LogP contribution in [0.3, 0.4) is 0 Å². The highest BCUT2D eigenvalue weighted by atomic mass is 16.4. The van der Waals surface area contributed by atoms with Gasteiger partial charge in [0.15, 0.2) is 0 Å². The molecule has 0 aromatic rings. The number of likely N-dealkylation sites (N-methyl/N-ethyl adjacent to an activating group) is 1. The van der Waals surface area contributed by atoms with Gasteiger partial charge >= 0.3 is 5.97 Å². The molecular weight excluding hydrogens is 248 g/mol. The Morgan fingerprint density at radius 1 is 1.26 bits per heavy atom. The minimum Gasteiger partial charge on any atom is -0.480 e. The van der Waals surface area contributed by atoms with E-state index in [0.29, 0.717) is 19.5 Å². The maximum Gasteiger partial charge on any atom is 0.323 e. The van der Waals surface area contributed by atoms with Crippen molar-refractivity contribution >= 4 is 17.8 Å². The third-order valence-electron chi connectivity index (χ3n) is 3.31. The molecular formula is C13H22N2O4. The van der Waals surface area contributed by atoms with Crippen LogP contribution in [0.1, 0.15) is 39.0 Å². The number of hydrogen-bond donors (Lipinski definition) is 1. The number of rotatable bonds is 5. The quantitative estimate of drug-likeness (QED) is 0.798. The smallest absolute Gasteiger partial charge is 0.323 e. The Morgan fingerprint density at radius 2 is 1.95 bits per heavy atom. The van der Waals surface area contributed by atoms with E-state index >= 15 is 0 Å². The lowest BCUT2D eigenvalue weighted by Crippen LogP contribution is -2.45. The van der Waals surface area contributed by atoms with Crippen molar-refractivity contribution in [1.82, 2.24) is 9.80 Å². The highest BCUT2D eigenvalue weighted by molar-refractivity contribution is 5.86. The summed E-state index contributed by atoms with van der Waals surface area (Å²) >= 11 is 0. The molecule has 2 amide bonds. The van der Waals surface area contributed by atoms with Gasteiger partial charge in [-0.1, -0.05) is 12.8 Å². The SMILES string of the molecule is CCN(CC(=O)O)C(=O)CN1CCCCCCC1=O. The Bertz CT molecular complexity index is 344. The van der Waals surface area contributed by atoms with Crippen molar-refractivity contribution in [1.29, 1.82) is 0 Å². The predicted octanol–water partition coefficient (Wildman–Crippen LogP) is 0.712. The lowest BCUT2D eigenvalue weighted by Gasteiger charge is -2.27. The van der Waals surface area contributed by atoms with Gasteiger partial charge in [0.05, 0.1) is 6.54 Å². The number of carbonyl (C=O) groups excluding carboxylic acids is 2. The first-order valence-corrected chi connectivity index (χ1v) is 6.82. The minimum absolute atomic E-state index is 0.0000463. The van der Waals surface area contributed by atoms with Crippen LogP contribution in [0.4, 0.5) is 0 Å². The Balaban J connectivity index is 2.56. The first-order chi connectivity index (χ1) is 9.04. The summed E-state index contributed by atoms with van der Waals surface area (Å²) in [6.45, 7) is 2.36. The Morgan fingerprint density at radius 3 is 2.58 bits per heavy atom. The highest BCUT2D eigenvalue weighted by Crippen LogP contribution is 2.11. The summed E-state index contributed by atoms with van der Waals surface area (Å²) in [6, 6.07) is 0. The summed E-state index contributed by atoms with van der Waals surface area (Å²) in [5.74, 6) is -1.33. The van der Waals surface area contributed by atoms with Crippen molar-refractivity contribution in [3.63, 3.8) is 0 Å². The molecule has 1 heterocycles. The van der Waals surface area contributed by atoms with Crippen LogP contribution < -0.4 is 0 Å². The van der Waals surface area contributed by atoms with E-state index < -0.39 is 5.97 Å². The number of carboxylic acid groups (broad SMARTS) is 1. The van der Waals surface area contributed by atoms with Crippen molar-refractivity contribution in [3.8, 4) is 0 Å². The summed E-state index contributed by atoms with van der Waals surface area (Å²) in [5.41, 5.74) is 0. The molecule has 1 aliphatic heterocycles. The molecule has 6 heteroatoms. The summed E-state index contributed by atoms with van der Waals surface area (Å²) in [4.78, 5) is 37.3. The van der Waals surface area contributed by atoms with E-state index in [2.05, 4.69) is 0 Å². The van der Waals surface area contributed by atoms with Gasteiger partial charge in [-0.2, -0.15) is 0 Å². The molecule has 1 fully saturated rings. The van der Waals surface area contributed by atoms with E-state index in [-0.39, 0.29) is 24.9 Å². The third kappa shape index (κ3) is 5.28. The van der Waals surface area contributed by atoms with Gasteiger partial charge in [-0.05, 0) is 19.8 Å². The third-order valence-corrected chi connectivity index (χ3v) is 3.31. The van der Waals surface area contributed by atoms with Crippen LogP contribution in [0, 0.1) is 0 Å². The summed E-state index contributed by atoms with van der Waals surface area (Å²) in [7, 11) is 0. The molecule has 1 rings (SSSR count). The average molecular weight is 270 g/mol. The molecule has 0 unspecified atom stereocenters. The van der Waals surface area contributed by atoms with Gasteiger partial charge in [-0.25, -0.2) is 0 Å². The predicted molar refractivity (Wildman–Crippen MR) is 69.6 cm³/mol. The minimum atomic E-state index is -1.03. The van der Waals surface area contributed by atoms with Crippen molar-refractivity contribution in [3.05, 3.63) is 0 Å². The molecule has 19 heavy (non-hydrogen) atoms. The molecule has 0 aliphatic carbocycles.